The van der Waals surface area contributed by atoms with Gasteiger partial charge in [0.2, 0.25) is 0 Å². The number of rotatable bonds is 5. The first-order valence-corrected chi connectivity index (χ1v) is 5.40. The van der Waals surface area contributed by atoms with Gasteiger partial charge < -0.3 is 20.1 Å². The summed E-state index contributed by atoms with van der Waals surface area (Å²) < 4.78 is 5.00. The molecule has 0 fully saturated rings. The van der Waals surface area contributed by atoms with Crippen LogP contribution in [-0.4, -0.2) is 34.6 Å². The number of aromatic hydroxyl groups is 1. The van der Waals surface area contributed by atoms with Gasteiger partial charge in [-0.3, -0.25) is 0 Å². The first-order chi connectivity index (χ1) is 8.06. The minimum atomic E-state index is -0.923. The second-order valence-electron chi connectivity index (χ2n) is 3.87. The first kappa shape index (κ1) is 13.7. The SMILES string of the molecule is COCc1c(O)cccc1C=CC(O)C(C)O. The van der Waals surface area contributed by atoms with E-state index in [-0.39, 0.29) is 12.4 Å². The van der Waals surface area contributed by atoms with Crippen LogP contribution in [-0.2, 0) is 11.3 Å². The summed E-state index contributed by atoms with van der Waals surface area (Å²) in [5, 5.41) is 28.3. The lowest BCUT2D eigenvalue weighted by atomic mass is 10.1. The van der Waals surface area contributed by atoms with Crippen molar-refractivity contribution in [1.29, 1.82) is 0 Å². The lowest BCUT2D eigenvalue weighted by Crippen LogP contribution is -2.19. The third-order valence-electron chi connectivity index (χ3n) is 2.44. The Hall–Kier alpha value is -1.36. The Morgan fingerprint density at radius 1 is 1.35 bits per heavy atom. The van der Waals surface area contributed by atoms with Crippen LogP contribution in [0, 0.1) is 0 Å². The standard InChI is InChI=1S/C13H18O4/c1-9(14)12(15)7-6-10-4-3-5-13(16)11(10)8-17-2/h3-7,9,12,14-16H,8H2,1-2H3. The fourth-order valence-corrected chi connectivity index (χ4v) is 1.41. The van der Waals surface area contributed by atoms with E-state index in [0.29, 0.717) is 5.56 Å². The summed E-state index contributed by atoms with van der Waals surface area (Å²) in [6.07, 6.45) is 1.39. The van der Waals surface area contributed by atoms with Crippen molar-refractivity contribution in [3.05, 3.63) is 35.4 Å². The topological polar surface area (TPSA) is 69.9 Å². The van der Waals surface area contributed by atoms with E-state index in [1.165, 1.54) is 13.0 Å². The number of phenolic OH excluding ortho intramolecular Hbond substituents is 1. The summed E-state index contributed by atoms with van der Waals surface area (Å²) >= 11 is 0. The van der Waals surface area contributed by atoms with E-state index < -0.39 is 12.2 Å². The molecule has 4 heteroatoms. The third kappa shape index (κ3) is 3.85. The Bertz CT molecular complexity index is 385. The molecule has 0 aromatic heterocycles. The normalized spacial score (nSPS) is 15.1. The first-order valence-electron chi connectivity index (χ1n) is 5.40. The smallest absolute Gasteiger partial charge is 0.121 e. The molecule has 0 heterocycles. The van der Waals surface area contributed by atoms with Crippen LogP contribution in [0.4, 0.5) is 0 Å². The fraction of sp³-hybridized carbons (Fsp3) is 0.385. The molecule has 4 nitrogen and oxygen atoms in total. The lowest BCUT2D eigenvalue weighted by Gasteiger charge is -2.10. The Morgan fingerprint density at radius 3 is 2.65 bits per heavy atom. The Balaban J connectivity index is 2.93. The molecule has 0 aliphatic rings. The molecular weight excluding hydrogens is 220 g/mol. The summed E-state index contributed by atoms with van der Waals surface area (Å²) in [6.45, 7) is 1.80. The molecular formula is C13H18O4. The number of ether oxygens (including phenoxy) is 1. The van der Waals surface area contributed by atoms with Gasteiger partial charge in [0.1, 0.15) is 5.75 Å². The zero-order chi connectivity index (χ0) is 12.8. The number of aliphatic hydroxyl groups is 2. The maximum atomic E-state index is 9.67. The maximum absolute atomic E-state index is 9.67. The van der Waals surface area contributed by atoms with Gasteiger partial charge >= 0.3 is 0 Å². The highest BCUT2D eigenvalue weighted by molar-refractivity contribution is 5.57. The van der Waals surface area contributed by atoms with E-state index in [1.54, 1.807) is 31.4 Å². The second-order valence-corrected chi connectivity index (χ2v) is 3.87. The summed E-state index contributed by atoms with van der Waals surface area (Å²) in [4.78, 5) is 0. The van der Waals surface area contributed by atoms with Crippen LogP contribution in [0.25, 0.3) is 6.08 Å². The summed E-state index contributed by atoms with van der Waals surface area (Å²) in [7, 11) is 1.55. The average Bonchev–Trinajstić information content (AvgIpc) is 2.29. The molecule has 0 spiro atoms. The van der Waals surface area contributed by atoms with Gasteiger partial charge in [-0.05, 0) is 18.6 Å². The highest BCUT2D eigenvalue weighted by Gasteiger charge is 2.08. The molecule has 0 amide bonds. The highest BCUT2D eigenvalue weighted by Crippen LogP contribution is 2.23. The molecule has 17 heavy (non-hydrogen) atoms. The highest BCUT2D eigenvalue weighted by atomic mass is 16.5. The molecule has 1 aromatic carbocycles. The van der Waals surface area contributed by atoms with E-state index in [9.17, 15) is 10.2 Å². The Labute approximate surface area is 101 Å². The van der Waals surface area contributed by atoms with Crippen LogP contribution in [0.3, 0.4) is 0 Å². The molecule has 0 aliphatic carbocycles. The second kappa shape index (κ2) is 6.39. The molecule has 0 aliphatic heterocycles. The van der Waals surface area contributed by atoms with Gasteiger partial charge in [-0.1, -0.05) is 24.3 Å². The van der Waals surface area contributed by atoms with Crippen LogP contribution in [0.2, 0.25) is 0 Å². The van der Waals surface area contributed by atoms with Crippen molar-refractivity contribution in [3.8, 4) is 5.75 Å². The summed E-state index contributed by atoms with van der Waals surface area (Å²) in [5.74, 6) is 0.153. The molecule has 0 radical (unpaired) electrons. The van der Waals surface area contributed by atoms with Crippen molar-refractivity contribution in [2.24, 2.45) is 0 Å². The number of hydrogen-bond acceptors (Lipinski definition) is 4. The van der Waals surface area contributed by atoms with Gasteiger partial charge in [-0.15, -0.1) is 0 Å². The largest absolute Gasteiger partial charge is 0.508 e. The van der Waals surface area contributed by atoms with Gasteiger partial charge in [-0.2, -0.15) is 0 Å². The van der Waals surface area contributed by atoms with Crippen molar-refractivity contribution in [1.82, 2.24) is 0 Å². The summed E-state index contributed by atoms with van der Waals surface area (Å²) in [5.41, 5.74) is 1.41. The van der Waals surface area contributed by atoms with Gasteiger partial charge in [0.15, 0.2) is 0 Å². The van der Waals surface area contributed by atoms with E-state index in [2.05, 4.69) is 0 Å². The minimum absolute atomic E-state index is 0.153. The van der Waals surface area contributed by atoms with Crippen molar-refractivity contribution in [2.75, 3.05) is 7.11 Å². The molecule has 0 bridgehead atoms. The molecule has 1 aromatic rings. The van der Waals surface area contributed by atoms with E-state index in [1.807, 2.05) is 0 Å². The van der Waals surface area contributed by atoms with E-state index in [0.717, 1.165) is 5.56 Å². The van der Waals surface area contributed by atoms with Crippen molar-refractivity contribution >= 4 is 6.08 Å². The van der Waals surface area contributed by atoms with Gasteiger partial charge in [0.05, 0.1) is 18.8 Å². The zero-order valence-corrected chi connectivity index (χ0v) is 10.00. The minimum Gasteiger partial charge on any atom is -0.508 e. The Morgan fingerprint density at radius 2 is 2.06 bits per heavy atom. The van der Waals surface area contributed by atoms with Crippen LogP contribution in [0.1, 0.15) is 18.1 Å². The monoisotopic (exact) mass is 238 g/mol. The van der Waals surface area contributed by atoms with Gasteiger partial charge in [0, 0.05) is 12.7 Å². The quantitative estimate of drug-likeness (QED) is 0.723. The van der Waals surface area contributed by atoms with Crippen molar-refractivity contribution in [2.45, 2.75) is 25.7 Å². The number of aliphatic hydroxyl groups excluding tert-OH is 2. The lowest BCUT2D eigenvalue weighted by molar-refractivity contribution is 0.0624. The van der Waals surface area contributed by atoms with Crippen LogP contribution in [0.5, 0.6) is 5.75 Å². The molecule has 3 N–H and O–H groups in total. The maximum Gasteiger partial charge on any atom is 0.121 e. The molecule has 2 unspecified atom stereocenters. The van der Waals surface area contributed by atoms with Crippen molar-refractivity contribution < 1.29 is 20.1 Å². The fourth-order valence-electron chi connectivity index (χ4n) is 1.41. The third-order valence-corrected chi connectivity index (χ3v) is 2.44. The predicted octanol–water partition coefficient (Wildman–Crippen LogP) is 1.29. The molecule has 0 saturated heterocycles. The number of methoxy groups -OCH3 is 1. The summed E-state index contributed by atoms with van der Waals surface area (Å²) in [6, 6.07) is 5.10. The number of benzene rings is 1. The Kier molecular flexibility index (Phi) is 5.15. The predicted molar refractivity (Wildman–Crippen MR) is 65.5 cm³/mol. The number of phenols is 1. The van der Waals surface area contributed by atoms with Crippen LogP contribution < -0.4 is 0 Å². The number of hydrogen-bond donors (Lipinski definition) is 3. The van der Waals surface area contributed by atoms with E-state index in [4.69, 9.17) is 9.84 Å². The molecule has 2 atom stereocenters. The van der Waals surface area contributed by atoms with E-state index >= 15 is 0 Å². The van der Waals surface area contributed by atoms with Gasteiger partial charge in [0.25, 0.3) is 0 Å². The zero-order valence-electron chi connectivity index (χ0n) is 10.00. The average molecular weight is 238 g/mol. The molecule has 1 rings (SSSR count). The molecule has 0 saturated carbocycles. The van der Waals surface area contributed by atoms with Crippen LogP contribution in [0.15, 0.2) is 24.3 Å². The van der Waals surface area contributed by atoms with Crippen LogP contribution >= 0.6 is 0 Å². The van der Waals surface area contributed by atoms with Crippen molar-refractivity contribution in [3.63, 3.8) is 0 Å². The van der Waals surface area contributed by atoms with Gasteiger partial charge in [-0.25, -0.2) is 0 Å². The molecule has 94 valence electrons.